The first-order chi connectivity index (χ1) is 19.6. The minimum absolute atomic E-state index is 0.112. The van der Waals surface area contributed by atoms with E-state index >= 15 is 0 Å². The minimum Gasteiger partial charge on any atom is -0.351 e. The van der Waals surface area contributed by atoms with Crippen LogP contribution in [0.5, 0.6) is 0 Å². The molecule has 0 saturated carbocycles. The maximum atomic E-state index is 13.2. The molecule has 0 bridgehead atoms. The van der Waals surface area contributed by atoms with Crippen LogP contribution in [0.4, 0.5) is 22.0 Å². The van der Waals surface area contributed by atoms with Crippen molar-refractivity contribution in [1.82, 2.24) is 14.5 Å². The normalized spacial score (nSPS) is 14.3. The van der Waals surface area contributed by atoms with Gasteiger partial charge in [-0.2, -0.15) is 0 Å². The van der Waals surface area contributed by atoms with E-state index in [2.05, 4.69) is 22.5 Å². The summed E-state index contributed by atoms with van der Waals surface area (Å²) in [7, 11) is 3.31. The zero-order valence-electron chi connectivity index (χ0n) is 23.7. The molecule has 2 aromatic carbocycles. The summed E-state index contributed by atoms with van der Waals surface area (Å²) < 4.78 is 1.49. The summed E-state index contributed by atoms with van der Waals surface area (Å²) in [5.74, 6) is 0.716. The summed E-state index contributed by atoms with van der Waals surface area (Å²) in [5, 5.41) is 6.21. The Labute approximate surface area is 243 Å². The second-order valence-corrected chi connectivity index (χ2v) is 11.9. The first-order valence-electron chi connectivity index (χ1n) is 13.6. The lowest BCUT2D eigenvalue weighted by Gasteiger charge is -2.16. The monoisotopic (exact) mass is 570 g/mol. The van der Waals surface area contributed by atoms with Gasteiger partial charge in [0, 0.05) is 48.7 Å². The van der Waals surface area contributed by atoms with Gasteiger partial charge in [0.1, 0.15) is 0 Å². The van der Waals surface area contributed by atoms with Gasteiger partial charge >= 0.3 is 6.03 Å². The second-order valence-electron chi connectivity index (χ2n) is 10.7. The lowest BCUT2D eigenvalue weighted by Crippen LogP contribution is -2.31. The Morgan fingerprint density at radius 1 is 1.20 bits per heavy atom. The SMILES string of the molecule is Cc1c(NC(=O)c2cc3c(s2)CCC(C)C3)cccc1-c1cn(C)c(=O)c(Nc2ccc(CN(C)C(N)=O)cc2)n1. The van der Waals surface area contributed by atoms with Crippen molar-refractivity contribution in [3.8, 4) is 11.3 Å². The van der Waals surface area contributed by atoms with Crippen LogP contribution in [0.15, 0.2) is 59.5 Å². The summed E-state index contributed by atoms with van der Waals surface area (Å²) in [4.78, 5) is 45.5. The highest BCUT2D eigenvalue weighted by Crippen LogP contribution is 2.33. The molecular weight excluding hydrogens is 536 g/mol. The molecule has 4 N–H and O–H groups in total. The van der Waals surface area contributed by atoms with Crippen LogP contribution in [0.1, 0.15) is 44.6 Å². The Kier molecular flexibility index (Phi) is 7.94. The molecule has 9 nitrogen and oxygen atoms in total. The number of fused-ring (bicyclic) bond motifs is 1. The zero-order valence-corrected chi connectivity index (χ0v) is 24.5. The van der Waals surface area contributed by atoms with Gasteiger partial charge in [-0.3, -0.25) is 9.59 Å². The molecule has 0 radical (unpaired) electrons. The number of nitrogens with zero attached hydrogens (tertiary/aromatic N) is 3. The number of primary amides is 1. The number of hydrogen-bond acceptors (Lipinski definition) is 6. The molecule has 41 heavy (non-hydrogen) atoms. The van der Waals surface area contributed by atoms with Gasteiger partial charge < -0.3 is 25.8 Å². The van der Waals surface area contributed by atoms with Crippen molar-refractivity contribution in [3.63, 3.8) is 0 Å². The quantitative estimate of drug-likeness (QED) is 0.273. The van der Waals surface area contributed by atoms with Crippen LogP contribution in [0.25, 0.3) is 11.3 Å². The van der Waals surface area contributed by atoms with Crippen molar-refractivity contribution >= 4 is 40.5 Å². The first-order valence-corrected chi connectivity index (χ1v) is 14.4. The summed E-state index contributed by atoms with van der Waals surface area (Å²) in [6.45, 7) is 4.58. The number of aromatic nitrogens is 2. The van der Waals surface area contributed by atoms with Gasteiger partial charge in [-0.05, 0) is 73.1 Å². The topological polar surface area (TPSA) is 122 Å². The molecule has 3 amide bonds. The van der Waals surface area contributed by atoms with E-state index in [4.69, 9.17) is 5.73 Å². The van der Waals surface area contributed by atoms with Crippen LogP contribution in [0, 0.1) is 12.8 Å². The number of benzene rings is 2. The molecule has 10 heteroatoms. The van der Waals surface area contributed by atoms with Gasteiger partial charge in [0.15, 0.2) is 5.82 Å². The van der Waals surface area contributed by atoms with Crippen molar-refractivity contribution in [2.75, 3.05) is 17.7 Å². The van der Waals surface area contributed by atoms with E-state index in [1.54, 1.807) is 31.6 Å². The molecule has 1 atom stereocenters. The number of hydrogen-bond donors (Lipinski definition) is 3. The number of urea groups is 1. The van der Waals surface area contributed by atoms with E-state index in [0.717, 1.165) is 34.4 Å². The molecule has 5 rings (SSSR count). The van der Waals surface area contributed by atoms with Crippen LogP contribution >= 0.6 is 11.3 Å². The van der Waals surface area contributed by atoms with Crippen LogP contribution < -0.4 is 21.9 Å². The van der Waals surface area contributed by atoms with E-state index in [9.17, 15) is 14.4 Å². The molecule has 0 aliphatic heterocycles. The average molecular weight is 571 g/mol. The summed E-state index contributed by atoms with van der Waals surface area (Å²) in [5.41, 5.74) is 10.9. The first kappa shape index (κ1) is 28.1. The molecule has 1 unspecified atom stereocenters. The number of rotatable bonds is 7. The summed E-state index contributed by atoms with van der Waals surface area (Å²) >= 11 is 1.59. The molecule has 1 aliphatic carbocycles. The highest BCUT2D eigenvalue weighted by Gasteiger charge is 2.21. The van der Waals surface area contributed by atoms with Crippen LogP contribution in [0.2, 0.25) is 0 Å². The Morgan fingerprint density at radius 3 is 2.68 bits per heavy atom. The Morgan fingerprint density at radius 2 is 1.95 bits per heavy atom. The molecule has 4 aromatic rings. The number of carbonyl (C=O) groups excluding carboxylic acids is 2. The maximum absolute atomic E-state index is 13.2. The highest BCUT2D eigenvalue weighted by atomic mass is 32.1. The number of anilines is 3. The molecule has 0 fully saturated rings. The van der Waals surface area contributed by atoms with E-state index in [1.807, 2.05) is 55.5 Å². The van der Waals surface area contributed by atoms with Crippen LogP contribution in [-0.2, 0) is 26.4 Å². The standard InChI is InChI=1S/C31H34N6O3S/c1-18-8-13-26-21(14-18)15-27(41-26)29(38)35-24-7-5-6-23(19(24)2)25-17-36(3)30(39)28(34-25)33-22-11-9-20(10-12-22)16-37(4)31(32)40/h5-7,9-12,15,17-18H,8,13-14,16H2,1-4H3,(H2,32,40)(H,33,34)(H,35,38). The van der Waals surface area contributed by atoms with Gasteiger partial charge in [0.2, 0.25) is 0 Å². The predicted molar refractivity (Wildman–Crippen MR) is 164 cm³/mol. The fraction of sp³-hybridized carbons (Fsp3) is 0.290. The van der Waals surface area contributed by atoms with Crippen LogP contribution in [-0.4, -0.2) is 33.4 Å². The molecular formula is C31H34N6O3S. The van der Waals surface area contributed by atoms with Gasteiger partial charge in [0.25, 0.3) is 11.5 Å². The number of nitrogens with two attached hydrogens (primary N) is 1. The third kappa shape index (κ3) is 6.17. The number of nitrogens with one attached hydrogen (secondary N) is 2. The van der Waals surface area contributed by atoms with Crippen molar-refractivity contribution in [2.24, 2.45) is 18.7 Å². The molecule has 1 aliphatic rings. The van der Waals surface area contributed by atoms with E-state index in [-0.39, 0.29) is 17.3 Å². The van der Waals surface area contributed by atoms with Crippen molar-refractivity contribution in [1.29, 1.82) is 0 Å². The van der Waals surface area contributed by atoms with Crippen LogP contribution in [0.3, 0.4) is 0 Å². The van der Waals surface area contributed by atoms with Crippen molar-refractivity contribution < 1.29 is 9.59 Å². The summed E-state index contributed by atoms with van der Waals surface area (Å²) in [6, 6.07) is 14.6. The molecule has 2 heterocycles. The smallest absolute Gasteiger partial charge is 0.314 e. The van der Waals surface area contributed by atoms with E-state index in [0.29, 0.717) is 29.5 Å². The lowest BCUT2D eigenvalue weighted by atomic mass is 9.90. The van der Waals surface area contributed by atoms with E-state index in [1.165, 1.54) is 26.3 Å². The lowest BCUT2D eigenvalue weighted by molar-refractivity contribution is 0.103. The largest absolute Gasteiger partial charge is 0.351 e. The molecule has 0 saturated heterocycles. The average Bonchev–Trinajstić information content (AvgIpc) is 3.37. The second kappa shape index (κ2) is 11.6. The maximum Gasteiger partial charge on any atom is 0.314 e. The minimum atomic E-state index is -0.504. The number of aryl methyl sites for hydroxylation is 2. The van der Waals surface area contributed by atoms with Gasteiger partial charge in [-0.15, -0.1) is 11.3 Å². The predicted octanol–water partition coefficient (Wildman–Crippen LogP) is 5.45. The van der Waals surface area contributed by atoms with E-state index < -0.39 is 6.03 Å². The highest BCUT2D eigenvalue weighted by molar-refractivity contribution is 7.14. The van der Waals surface area contributed by atoms with Gasteiger partial charge in [0.05, 0.1) is 10.6 Å². The van der Waals surface area contributed by atoms with Gasteiger partial charge in [-0.1, -0.05) is 31.2 Å². The fourth-order valence-electron chi connectivity index (χ4n) is 5.05. The number of thiophene rings is 1. The Balaban J connectivity index is 1.37. The molecule has 0 spiro atoms. The number of carbonyl (C=O) groups is 2. The van der Waals surface area contributed by atoms with Crippen molar-refractivity contribution in [2.45, 2.75) is 39.7 Å². The summed E-state index contributed by atoms with van der Waals surface area (Å²) in [6.07, 6.45) is 4.92. The van der Waals surface area contributed by atoms with Crippen molar-refractivity contribution in [3.05, 3.63) is 91.5 Å². The third-order valence-corrected chi connectivity index (χ3v) is 8.73. The Hall–Kier alpha value is -4.44. The fourth-order valence-corrected chi connectivity index (χ4v) is 6.15. The molecule has 212 valence electrons. The molecule has 2 aromatic heterocycles. The Bertz CT molecular complexity index is 1670. The number of amides is 3. The zero-order chi connectivity index (χ0) is 29.3. The third-order valence-electron chi connectivity index (χ3n) is 7.49. The van der Waals surface area contributed by atoms with Gasteiger partial charge in [-0.25, -0.2) is 9.78 Å².